The molecule has 0 bridgehead atoms. The van der Waals surface area contributed by atoms with Crippen molar-refractivity contribution in [3.63, 3.8) is 0 Å². The van der Waals surface area contributed by atoms with Gasteiger partial charge in [0, 0.05) is 38.8 Å². The van der Waals surface area contributed by atoms with E-state index in [1.165, 1.54) is 18.4 Å². The summed E-state index contributed by atoms with van der Waals surface area (Å²) < 4.78 is 20.2. The summed E-state index contributed by atoms with van der Waals surface area (Å²) in [6.07, 6.45) is 1.46. The summed E-state index contributed by atoms with van der Waals surface area (Å²) >= 11 is 0. The fourth-order valence-electron chi connectivity index (χ4n) is 3.32. The molecule has 1 aromatic carbocycles. The number of rotatable bonds is 3. The largest absolute Gasteiger partial charge is 0.459 e. The van der Waals surface area contributed by atoms with Gasteiger partial charge >= 0.3 is 0 Å². The van der Waals surface area contributed by atoms with E-state index in [4.69, 9.17) is 4.42 Å². The number of amides is 2. The summed E-state index contributed by atoms with van der Waals surface area (Å²) in [5.41, 5.74) is 1.62. The summed E-state index contributed by atoms with van der Waals surface area (Å²) in [6.45, 7) is 1.68. The van der Waals surface area contributed by atoms with E-state index in [1.54, 1.807) is 51.9 Å². The zero-order valence-corrected chi connectivity index (χ0v) is 15.3. The summed E-state index contributed by atoms with van der Waals surface area (Å²) in [7, 11) is 1.72. The highest BCUT2D eigenvalue weighted by atomic mass is 19.1. The van der Waals surface area contributed by atoms with Crippen molar-refractivity contribution in [2.75, 3.05) is 26.2 Å². The standard InChI is InChI=1S/C20H19FN4O3/c1-23-17(14-4-2-5-15(21)12-14)13-16(22-23)19(26)24-7-9-25(10-8-24)20(27)18-6-3-11-28-18/h2-6,11-13H,7-10H2,1H3. The lowest BCUT2D eigenvalue weighted by Crippen LogP contribution is -2.50. The topological polar surface area (TPSA) is 71.6 Å². The highest BCUT2D eigenvalue weighted by Crippen LogP contribution is 2.22. The number of aromatic nitrogens is 2. The van der Waals surface area contributed by atoms with Crippen molar-refractivity contribution >= 4 is 11.8 Å². The van der Waals surface area contributed by atoms with E-state index in [9.17, 15) is 14.0 Å². The molecule has 2 aromatic heterocycles. The lowest BCUT2D eigenvalue weighted by molar-refractivity contribution is 0.0515. The van der Waals surface area contributed by atoms with Crippen molar-refractivity contribution in [1.82, 2.24) is 19.6 Å². The van der Waals surface area contributed by atoms with Gasteiger partial charge in [-0.3, -0.25) is 14.3 Å². The third kappa shape index (κ3) is 3.40. The molecule has 2 amide bonds. The van der Waals surface area contributed by atoms with Gasteiger partial charge in [0.15, 0.2) is 11.5 Å². The third-order valence-corrected chi connectivity index (χ3v) is 4.81. The highest BCUT2D eigenvalue weighted by molar-refractivity contribution is 5.94. The van der Waals surface area contributed by atoms with E-state index >= 15 is 0 Å². The maximum Gasteiger partial charge on any atom is 0.289 e. The van der Waals surface area contributed by atoms with E-state index in [-0.39, 0.29) is 17.6 Å². The number of carbonyl (C=O) groups excluding carboxylic acids is 2. The van der Waals surface area contributed by atoms with Crippen molar-refractivity contribution in [1.29, 1.82) is 0 Å². The van der Waals surface area contributed by atoms with E-state index in [0.29, 0.717) is 48.9 Å². The molecule has 3 heterocycles. The number of halogens is 1. The minimum absolute atomic E-state index is 0.177. The van der Waals surface area contributed by atoms with Gasteiger partial charge in [-0.25, -0.2) is 4.39 Å². The van der Waals surface area contributed by atoms with Crippen LogP contribution < -0.4 is 0 Å². The van der Waals surface area contributed by atoms with Gasteiger partial charge in [-0.05, 0) is 30.3 Å². The molecule has 28 heavy (non-hydrogen) atoms. The normalized spacial score (nSPS) is 14.4. The maximum absolute atomic E-state index is 13.5. The van der Waals surface area contributed by atoms with Crippen LogP contribution in [-0.4, -0.2) is 57.6 Å². The summed E-state index contributed by atoms with van der Waals surface area (Å²) in [4.78, 5) is 28.5. The van der Waals surface area contributed by atoms with Crippen LogP contribution in [0.4, 0.5) is 4.39 Å². The van der Waals surface area contributed by atoms with E-state index < -0.39 is 0 Å². The third-order valence-electron chi connectivity index (χ3n) is 4.81. The predicted octanol–water partition coefficient (Wildman–Crippen LogP) is 2.42. The molecule has 7 nitrogen and oxygen atoms in total. The number of hydrogen-bond donors (Lipinski definition) is 0. The lowest BCUT2D eigenvalue weighted by Gasteiger charge is -2.33. The summed E-state index contributed by atoms with van der Waals surface area (Å²) in [5, 5.41) is 4.29. The first-order valence-corrected chi connectivity index (χ1v) is 8.95. The lowest BCUT2D eigenvalue weighted by atomic mass is 10.1. The van der Waals surface area contributed by atoms with Crippen LogP contribution in [0.1, 0.15) is 21.0 Å². The molecule has 4 rings (SSSR count). The molecule has 1 fully saturated rings. The molecule has 144 valence electrons. The number of hydrogen-bond acceptors (Lipinski definition) is 4. The van der Waals surface area contributed by atoms with Crippen LogP contribution in [0.25, 0.3) is 11.3 Å². The number of carbonyl (C=O) groups is 2. The number of aryl methyl sites for hydroxylation is 1. The Hall–Kier alpha value is -3.42. The van der Waals surface area contributed by atoms with Crippen molar-refractivity contribution in [3.8, 4) is 11.3 Å². The van der Waals surface area contributed by atoms with Crippen molar-refractivity contribution in [3.05, 3.63) is 66.0 Å². The second-order valence-electron chi connectivity index (χ2n) is 6.61. The van der Waals surface area contributed by atoms with Crippen molar-refractivity contribution < 1.29 is 18.4 Å². The second kappa shape index (κ2) is 7.30. The molecule has 0 N–H and O–H groups in total. The van der Waals surface area contributed by atoms with Crippen molar-refractivity contribution in [2.24, 2.45) is 7.05 Å². The highest BCUT2D eigenvalue weighted by Gasteiger charge is 2.28. The zero-order chi connectivity index (χ0) is 19.7. The molecule has 0 aliphatic carbocycles. The van der Waals surface area contributed by atoms with Crippen LogP contribution in [0.5, 0.6) is 0 Å². The first-order valence-electron chi connectivity index (χ1n) is 8.95. The smallest absolute Gasteiger partial charge is 0.289 e. The average molecular weight is 382 g/mol. The molecule has 3 aromatic rings. The van der Waals surface area contributed by atoms with E-state index in [1.807, 2.05) is 0 Å². The molecule has 8 heteroatoms. The Balaban J connectivity index is 1.45. The van der Waals surface area contributed by atoms with Crippen LogP contribution in [0.2, 0.25) is 0 Å². The Morgan fingerprint density at radius 2 is 1.71 bits per heavy atom. The number of benzene rings is 1. The molecule has 0 saturated carbocycles. The molecular weight excluding hydrogens is 363 g/mol. The molecule has 1 aliphatic rings. The van der Waals surface area contributed by atoms with Gasteiger partial charge in [-0.15, -0.1) is 0 Å². The van der Waals surface area contributed by atoms with Crippen LogP contribution in [0, 0.1) is 5.82 Å². The number of piperazine rings is 1. The van der Waals surface area contributed by atoms with Gasteiger partial charge in [0.1, 0.15) is 5.82 Å². The minimum atomic E-state index is -0.344. The molecule has 1 aliphatic heterocycles. The number of nitrogens with zero attached hydrogens (tertiary/aromatic N) is 4. The van der Waals surface area contributed by atoms with E-state index in [0.717, 1.165) is 0 Å². The van der Waals surface area contributed by atoms with Gasteiger partial charge in [-0.2, -0.15) is 5.10 Å². The monoisotopic (exact) mass is 382 g/mol. The fourth-order valence-corrected chi connectivity index (χ4v) is 3.32. The fraction of sp³-hybridized carbons (Fsp3) is 0.250. The zero-order valence-electron chi connectivity index (χ0n) is 15.3. The molecular formula is C20H19FN4O3. The van der Waals surface area contributed by atoms with Crippen LogP contribution in [0.15, 0.2) is 53.1 Å². The first-order chi connectivity index (χ1) is 13.5. The molecule has 1 saturated heterocycles. The van der Waals surface area contributed by atoms with Crippen LogP contribution >= 0.6 is 0 Å². The van der Waals surface area contributed by atoms with Crippen LogP contribution in [-0.2, 0) is 7.05 Å². The Labute approximate surface area is 161 Å². The maximum atomic E-state index is 13.5. The van der Waals surface area contributed by atoms with Crippen LogP contribution in [0.3, 0.4) is 0 Å². The average Bonchev–Trinajstić information content (AvgIpc) is 3.37. The van der Waals surface area contributed by atoms with Gasteiger partial charge in [0.05, 0.1) is 12.0 Å². The number of furan rings is 1. The Kier molecular flexibility index (Phi) is 4.68. The summed E-state index contributed by atoms with van der Waals surface area (Å²) in [5.74, 6) is -0.431. The molecule has 0 unspecified atom stereocenters. The van der Waals surface area contributed by atoms with Gasteiger partial charge in [0.2, 0.25) is 0 Å². The van der Waals surface area contributed by atoms with Gasteiger partial charge in [-0.1, -0.05) is 12.1 Å². The molecule has 0 spiro atoms. The summed E-state index contributed by atoms with van der Waals surface area (Å²) in [6, 6.07) is 11.1. The van der Waals surface area contributed by atoms with E-state index in [2.05, 4.69) is 5.10 Å². The quantitative estimate of drug-likeness (QED) is 0.698. The Morgan fingerprint density at radius 3 is 2.36 bits per heavy atom. The minimum Gasteiger partial charge on any atom is -0.459 e. The first kappa shape index (κ1) is 18.0. The van der Waals surface area contributed by atoms with Crippen molar-refractivity contribution in [2.45, 2.75) is 0 Å². The Bertz CT molecular complexity index is 1000. The Morgan fingerprint density at radius 1 is 1.00 bits per heavy atom. The molecule has 0 radical (unpaired) electrons. The molecule has 0 atom stereocenters. The van der Waals surface area contributed by atoms with Gasteiger partial charge < -0.3 is 14.2 Å². The second-order valence-corrected chi connectivity index (χ2v) is 6.61. The van der Waals surface area contributed by atoms with Gasteiger partial charge in [0.25, 0.3) is 11.8 Å². The predicted molar refractivity (Wildman–Crippen MR) is 99.1 cm³/mol. The SMILES string of the molecule is Cn1nc(C(=O)N2CCN(C(=O)c3ccco3)CC2)cc1-c1cccc(F)c1.